The number of rotatable bonds is 6. The number of nitrogens with one attached hydrogen (secondary N) is 1. The molecule has 2 aromatic rings. The summed E-state index contributed by atoms with van der Waals surface area (Å²) in [5.74, 6) is 1.27. The fraction of sp³-hybridized carbons (Fsp3) is 0.500. The third-order valence-corrected chi connectivity index (χ3v) is 4.36. The number of hydrogen-bond acceptors (Lipinski definition) is 5. The second kappa shape index (κ2) is 7.47. The van der Waals surface area contributed by atoms with Crippen molar-refractivity contribution in [2.75, 3.05) is 6.54 Å². The molecule has 114 valence electrons. The number of pyridine rings is 1. The van der Waals surface area contributed by atoms with Gasteiger partial charge in [0.25, 0.3) is 0 Å². The summed E-state index contributed by atoms with van der Waals surface area (Å²) in [7, 11) is 0. The topological polar surface area (TPSA) is 63.8 Å². The molecule has 2 atom stereocenters. The summed E-state index contributed by atoms with van der Waals surface area (Å²) < 4.78 is 7.12. The van der Waals surface area contributed by atoms with Crippen molar-refractivity contribution in [2.24, 2.45) is 0 Å². The van der Waals surface area contributed by atoms with Crippen molar-refractivity contribution in [2.45, 2.75) is 39.2 Å². The summed E-state index contributed by atoms with van der Waals surface area (Å²) in [6.45, 7) is 7.32. The Morgan fingerprint density at radius 2 is 2.10 bits per heavy atom. The molecule has 5 nitrogen and oxygen atoms in total. The van der Waals surface area contributed by atoms with Crippen LogP contribution < -0.4 is 5.32 Å². The van der Waals surface area contributed by atoms with Crippen LogP contribution in [0.3, 0.4) is 0 Å². The minimum absolute atomic E-state index is 0.145. The molecular weight excluding hydrogens is 400 g/mol. The van der Waals surface area contributed by atoms with E-state index in [4.69, 9.17) is 4.52 Å². The zero-order valence-corrected chi connectivity index (χ0v) is 15.4. The molecule has 2 heterocycles. The average Bonchev–Trinajstić information content (AvgIpc) is 2.93. The van der Waals surface area contributed by atoms with Crippen LogP contribution in [0.2, 0.25) is 0 Å². The van der Waals surface area contributed by atoms with E-state index in [1.54, 1.807) is 6.20 Å². The van der Waals surface area contributed by atoms with Crippen LogP contribution in [0.4, 0.5) is 0 Å². The lowest BCUT2D eigenvalue weighted by molar-refractivity contribution is 0.331. The first-order chi connectivity index (χ1) is 10.0. The third kappa shape index (κ3) is 4.11. The molecule has 2 unspecified atom stereocenters. The molecule has 0 aromatic carbocycles. The van der Waals surface area contributed by atoms with Crippen LogP contribution in [0.5, 0.6) is 0 Å². The van der Waals surface area contributed by atoms with Crippen molar-refractivity contribution < 1.29 is 4.52 Å². The SMILES string of the molecule is CCCNC(C)C(C)c1nc(-c2ncc(Br)cc2Br)no1. The van der Waals surface area contributed by atoms with Gasteiger partial charge in [0.1, 0.15) is 5.69 Å². The molecule has 7 heteroatoms. The minimum atomic E-state index is 0.145. The predicted molar refractivity (Wildman–Crippen MR) is 89.1 cm³/mol. The molecule has 0 saturated carbocycles. The van der Waals surface area contributed by atoms with Crippen LogP contribution in [0.15, 0.2) is 25.7 Å². The number of hydrogen-bond donors (Lipinski definition) is 1. The third-order valence-electron chi connectivity index (χ3n) is 3.32. The molecule has 0 saturated heterocycles. The Kier molecular flexibility index (Phi) is 5.89. The van der Waals surface area contributed by atoms with Gasteiger partial charge in [-0.3, -0.25) is 4.98 Å². The standard InChI is InChI=1S/C14H18Br2N4O/c1-4-5-17-9(3)8(2)14-19-13(20-21-14)12-11(16)6-10(15)7-18-12/h6-9,17H,4-5H2,1-3H3. The number of halogens is 2. The fourth-order valence-electron chi connectivity index (χ4n) is 1.86. The van der Waals surface area contributed by atoms with Gasteiger partial charge in [-0.2, -0.15) is 4.98 Å². The van der Waals surface area contributed by atoms with Crippen LogP contribution in [0, 0.1) is 0 Å². The van der Waals surface area contributed by atoms with E-state index in [1.807, 2.05) is 6.07 Å². The largest absolute Gasteiger partial charge is 0.339 e. The van der Waals surface area contributed by atoms with E-state index in [-0.39, 0.29) is 12.0 Å². The summed E-state index contributed by atoms with van der Waals surface area (Å²) in [6.07, 6.45) is 2.81. The van der Waals surface area contributed by atoms with Gasteiger partial charge in [-0.1, -0.05) is 19.0 Å². The Morgan fingerprint density at radius 3 is 2.76 bits per heavy atom. The molecule has 2 aromatic heterocycles. The van der Waals surface area contributed by atoms with Crippen molar-refractivity contribution >= 4 is 31.9 Å². The van der Waals surface area contributed by atoms with E-state index < -0.39 is 0 Å². The highest BCUT2D eigenvalue weighted by atomic mass is 79.9. The van der Waals surface area contributed by atoms with Crippen LogP contribution in [-0.4, -0.2) is 27.7 Å². The van der Waals surface area contributed by atoms with Gasteiger partial charge in [-0.15, -0.1) is 0 Å². The van der Waals surface area contributed by atoms with Crippen LogP contribution in [-0.2, 0) is 0 Å². The van der Waals surface area contributed by atoms with E-state index in [0.29, 0.717) is 17.4 Å². The van der Waals surface area contributed by atoms with Crippen molar-refractivity contribution in [3.63, 3.8) is 0 Å². The monoisotopic (exact) mass is 416 g/mol. The van der Waals surface area contributed by atoms with Gasteiger partial charge in [-0.25, -0.2) is 0 Å². The highest BCUT2D eigenvalue weighted by molar-refractivity contribution is 9.11. The van der Waals surface area contributed by atoms with E-state index >= 15 is 0 Å². The van der Waals surface area contributed by atoms with Crippen molar-refractivity contribution in [3.8, 4) is 11.5 Å². The fourth-order valence-corrected chi connectivity index (χ4v) is 3.02. The minimum Gasteiger partial charge on any atom is -0.339 e. The molecule has 0 aliphatic carbocycles. The Balaban J connectivity index is 2.17. The lowest BCUT2D eigenvalue weighted by Crippen LogP contribution is -2.31. The normalized spacial score (nSPS) is 14.1. The molecule has 0 radical (unpaired) electrons. The number of aromatic nitrogens is 3. The summed E-state index contributed by atoms with van der Waals surface area (Å²) >= 11 is 6.84. The zero-order valence-electron chi connectivity index (χ0n) is 12.2. The van der Waals surface area contributed by atoms with Crippen LogP contribution >= 0.6 is 31.9 Å². The van der Waals surface area contributed by atoms with Gasteiger partial charge < -0.3 is 9.84 Å². The quantitative estimate of drug-likeness (QED) is 0.764. The molecule has 0 aliphatic heterocycles. The maximum Gasteiger partial charge on any atom is 0.231 e. The molecule has 0 aliphatic rings. The lowest BCUT2D eigenvalue weighted by Gasteiger charge is -2.17. The first kappa shape index (κ1) is 16.6. The average molecular weight is 418 g/mol. The first-order valence-corrected chi connectivity index (χ1v) is 8.50. The van der Waals surface area contributed by atoms with Gasteiger partial charge >= 0.3 is 0 Å². The second-order valence-electron chi connectivity index (χ2n) is 4.97. The Hall–Kier alpha value is -0.790. The van der Waals surface area contributed by atoms with Gasteiger partial charge in [0, 0.05) is 21.2 Å². The van der Waals surface area contributed by atoms with Gasteiger partial charge in [0.2, 0.25) is 11.7 Å². The van der Waals surface area contributed by atoms with Gasteiger partial charge in [0.05, 0.1) is 5.92 Å². The highest BCUT2D eigenvalue weighted by Gasteiger charge is 2.21. The number of nitrogens with zero attached hydrogens (tertiary/aromatic N) is 3. The smallest absolute Gasteiger partial charge is 0.231 e. The van der Waals surface area contributed by atoms with Gasteiger partial charge in [0.15, 0.2) is 0 Å². The summed E-state index contributed by atoms with van der Waals surface area (Å²) in [4.78, 5) is 8.80. The molecule has 0 amide bonds. The first-order valence-electron chi connectivity index (χ1n) is 6.91. The van der Waals surface area contributed by atoms with Crippen LogP contribution in [0.25, 0.3) is 11.5 Å². The molecule has 0 spiro atoms. The van der Waals surface area contributed by atoms with E-state index in [1.165, 1.54) is 0 Å². The van der Waals surface area contributed by atoms with Crippen molar-refractivity contribution in [1.82, 2.24) is 20.4 Å². The summed E-state index contributed by atoms with van der Waals surface area (Å²) in [5.41, 5.74) is 0.676. The van der Waals surface area contributed by atoms with Gasteiger partial charge in [-0.05, 0) is 57.8 Å². The molecule has 21 heavy (non-hydrogen) atoms. The summed E-state index contributed by atoms with van der Waals surface area (Å²) in [5, 5.41) is 7.48. The zero-order chi connectivity index (χ0) is 15.4. The molecule has 2 rings (SSSR count). The summed E-state index contributed by atoms with van der Waals surface area (Å²) in [6, 6.07) is 2.19. The van der Waals surface area contributed by atoms with Crippen molar-refractivity contribution in [1.29, 1.82) is 0 Å². The van der Waals surface area contributed by atoms with Crippen molar-refractivity contribution in [3.05, 3.63) is 27.1 Å². The Bertz CT molecular complexity index is 602. The maximum atomic E-state index is 5.39. The van der Waals surface area contributed by atoms with E-state index in [2.05, 4.69) is 73.1 Å². The molecular formula is C14H18Br2N4O. The van der Waals surface area contributed by atoms with Crippen LogP contribution in [0.1, 0.15) is 39.0 Å². The predicted octanol–water partition coefficient (Wildman–Crippen LogP) is 4.15. The van der Waals surface area contributed by atoms with E-state index in [9.17, 15) is 0 Å². The molecule has 1 N–H and O–H groups in total. The van der Waals surface area contributed by atoms with E-state index in [0.717, 1.165) is 21.9 Å². The maximum absolute atomic E-state index is 5.39. The Labute approximate surface area is 141 Å². The highest BCUT2D eigenvalue weighted by Crippen LogP contribution is 2.28. The molecule has 0 bridgehead atoms. The Morgan fingerprint density at radius 1 is 1.33 bits per heavy atom. The second-order valence-corrected chi connectivity index (χ2v) is 6.74. The lowest BCUT2D eigenvalue weighted by atomic mass is 10.0. The molecule has 0 fully saturated rings.